The fourth-order valence-corrected chi connectivity index (χ4v) is 3.82. The number of carbonyl (C=O) groups is 3. The number of anilines is 1. The van der Waals surface area contributed by atoms with Crippen molar-refractivity contribution in [3.05, 3.63) is 28.6 Å². The summed E-state index contributed by atoms with van der Waals surface area (Å²) in [6, 6.07) is 3.79. The van der Waals surface area contributed by atoms with E-state index < -0.39 is 36.1 Å². The van der Waals surface area contributed by atoms with E-state index >= 15 is 0 Å². The van der Waals surface area contributed by atoms with Crippen LogP contribution in [0, 0.1) is 5.92 Å². The molecular weight excluding hydrogens is 392 g/mol. The van der Waals surface area contributed by atoms with E-state index in [1.807, 2.05) is 0 Å². The molecule has 3 N–H and O–H groups in total. The molecule has 30 heavy (non-hydrogen) atoms. The minimum absolute atomic E-state index is 0.0116. The number of amides is 2. The van der Waals surface area contributed by atoms with Crippen LogP contribution in [0.1, 0.15) is 31.7 Å². The Hall–Kier alpha value is -3.34. The summed E-state index contributed by atoms with van der Waals surface area (Å²) in [6.45, 7) is 0.959. The molecule has 0 bridgehead atoms. The smallest absolute Gasteiger partial charge is 0.310 e. The molecule has 0 saturated carbocycles. The third kappa shape index (κ3) is 3.63. The Kier molecular flexibility index (Phi) is 5.44. The molecule has 2 fully saturated rings. The van der Waals surface area contributed by atoms with Crippen molar-refractivity contribution in [2.45, 2.75) is 31.7 Å². The van der Waals surface area contributed by atoms with E-state index in [2.05, 4.69) is 15.6 Å². The molecule has 2 aliphatic heterocycles. The van der Waals surface area contributed by atoms with Gasteiger partial charge in [0, 0.05) is 12.1 Å². The molecule has 3 heterocycles. The second kappa shape index (κ2) is 8.19. The van der Waals surface area contributed by atoms with Crippen molar-refractivity contribution in [2.24, 2.45) is 5.92 Å². The van der Waals surface area contributed by atoms with E-state index in [0.29, 0.717) is 18.4 Å². The van der Waals surface area contributed by atoms with E-state index in [1.165, 1.54) is 0 Å². The third-order valence-corrected chi connectivity index (χ3v) is 5.53. The Morgan fingerprint density at radius 2 is 1.97 bits per heavy atom. The molecule has 11 heteroatoms. The summed E-state index contributed by atoms with van der Waals surface area (Å²) >= 11 is 0. The van der Waals surface area contributed by atoms with Crippen LogP contribution in [0.5, 0.6) is 0 Å². The fourth-order valence-electron chi connectivity index (χ4n) is 3.82. The Labute approximate surface area is 171 Å². The lowest BCUT2D eigenvalue weighted by Gasteiger charge is -2.30. The normalized spacial score (nSPS) is 20.5. The molecule has 1 atom stereocenters. The molecule has 2 amide bonds. The van der Waals surface area contributed by atoms with Gasteiger partial charge >= 0.3 is 5.97 Å². The largest absolute Gasteiger partial charge is 0.443 e. The molecule has 1 aromatic heterocycles. The van der Waals surface area contributed by atoms with Gasteiger partial charge in [0.1, 0.15) is 11.6 Å². The second-order valence-electron chi connectivity index (χ2n) is 7.41. The summed E-state index contributed by atoms with van der Waals surface area (Å²) in [5, 5.41) is 11.2. The number of aromatic nitrogens is 3. The van der Waals surface area contributed by atoms with Crippen molar-refractivity contribution < 1.29 is 19.1 Å². The van der Waals surface area contributed by atoms with E-state index in [-0.39, 0.29) is 29.8 Å². The van der Waals surface area contributed by atoms with E-state index in [9.17, 15) is 19.2 Å². The standard InChI is InChI=1S/C19H22N6O5/c20-12-2-1-3-13-16(12)18(28)25(23-22-13)14-4-5-15(26)24(17(14)27)10-30-19(29)11-6-8-21-9-7-11/h1-3,11,14,21H,4-10,20H2. The number of esters is 1. The molecule has 2 saturated heterocycles. The maximum absolute atomic E-state index is 12.9. The molecule has 4 rings (SSSR count). The molecule has 1 unspecified atom stereocenters. The topological polar surface area (TPSA) is 150 Å². The van der Waals surface area contributed by atoms with Gasteiger partial charge in [-0.1, -0.05) is 11.3 Å². The highest BCUT2D eigenvalue weighted by atomic mass is 16.5. The number of nitrogens with two attached hydrogens (primary N) is 1. The van der Waals surface area contributed by atoms with Crippen LogP contribution >= 0.6 is 0 Å². The number of imide groups is 1. The van der Waals surface area contributed by atoms with Gasteiger partial charge in [-0.15, -0.1) is 5.10 Å². The van der Waals surface area contributed by atoms with Gasteiger partial charge in [0.05, 0.1) is 11.3 Å². The number of rotatable bonds is 4. The SMILES string of the molecule is Nc1cccc2nnn(C3CCC(=O)N(COC(=O)C4CCNCC4)C3=O)c(=O)c12. The predicted molar refractivity (Wildman–Crippen MR) is 105 cm³/mol. The van der Waals surface area contributed by atoms with Crippen LogP contribution < -0.4 is 16.6 Å². The number of likely N-dealkylation sites (tertiary alicyclic amines) is 1. The van der Waals surface area contributed by atoms with Gasteiger partial charge in [-0.05, 0) is 44.5 Å². The molecule has 11 nitrogen and oxygen atoms in total. The number of hydrogen-bond donors (Lipinski definition) is 2. The Morgan fingerprint density at radius 3 is 2.73 bits per heavy atom. The summed E-state index contributed by atoms with van der Waals surface area (Å²) in [6.07, 6.45) is 1.40. The molecule has 158 valence electrons. The van der Waals surface area contributed by atoms with Crippen molar-refractivity contribution >= 4 is 34.4 Å². The Morgan fingerprint density at radius 1 is 1.20 bits per heavy atom. The van der Waals surface area contributed by atoms with E-state index in [0.717, 1.165) is 22.7 Å². The lowest BCUT2D eigenvalue weighted by molar-refractivity contribution is -0.166. The van der Waals surface area contributed by atoms with Crippen LogP contribution in [-0.4, -0.2) is 57.5 Å². The zero-order valence-corrected chi connectivity index (χ0v) is 16.2. The van der Waals surface area contributed by atoms with Gasteiger partial charge in [0.25, 0.3) is 11.5 Å². The molecule has 0 aliphatic carbocycles. The highest BCUT2D eigenvalue weighted by molar-refractivity contribution is 5.99. The van der Waals surface area contributed by atoms with Gasteiger partial charge in [-0.3, -0.25) is 19.2 Å². The fraction of sp³-hybridized carbons (Fsp3) is 0.474. The van der Waals surface area contributed by atoms with E-state index in [1.54, 1.807) is 18.2 Å². The number of nitrogens with zero attached hydrogens (tertiary/aromatic N) is 4. The average molecular weight is 414 g/mol. The molecule has 0 spiro atoms. The van der Waals surface area contributed by atoms with Crippen molar-refractivity contribution in [2.75, 3.05) is 25.6 Å². The van der Waals surface area contributed by atoms with Gasteiger partial charge in [0.15, 0.2) is 6.73 Å². The molecule has 0 radical (unpaired) electrons. The minimum atomic E-state index is -1.02. The van der Waals surface area contributed by atoms with Crippen LogP contribution in [0.3, 0.4) is 0 Å². The average Bonchev–Trinajstić information content (AvgIpc) is 2.75. The number of fused-ring (bicyclic) bond motifs is 1. The summed E-state index contributed by atoms with van der Waals surface area (Å²) < 4.78 is 6.19. The second-order valence-corrected chi connectivity index (χ2v) is 7.41. The minimum Gasteiger partial charge on any atom is -0.443 e. The summed E-state index contributed by atoms with van der Waals surface area (Å²) in [4.78, 5) is 51.2. The molecule has 1 aromatic carbocycles. The first kappa shape index (κ1) is 20.0. The summed E-state index contributed by atoms with van der Waals surface area (Å²) in [5.41, 5.74) is 5.89. The van der Waals surface area contributed by atoms with E-state index in [4.69, 9.17) is 10.5 Å². The zero-order valence-electron chi connectivity index (χ0n) is 16.2. The van der Waals surface area contributed by atoms with Crippen molar-refractivity contribution in [1.29, 1.82) is 0 Å². The number of nitrogen functional groups attached to an aromatic ring is 1. The Balaban J connectivity index is 1.54. The predicted octanol–water partition coefficient (Wildman–Crippen LogP) is -0.436. The van der Waals surface area contributed by atoms with Gasteiger partial charge < -0.3 is 15.8 Å². The lowest BCUT2D eigenvalue weighted by Crippen LogP contribution is -2.49. The van der Waals surface area contributed by atoms with Crippen LogP contribution in [0.15, 0.2) is 23.0 Å². The highest BCUT2D eigenvalue weighted by Crippen LogP contribution is 2.24. The number of piperidine rings is 2. The molecule has 2 aromatic rings. The number of benzene rings is 1. The first-order chi connectivity index (χ1) is 14.5. The lowest BCUT2D eigenvalue weighted by atomic mass is 9.99. The number of nitrogens with one attached hydrogen (secondary N) is 1. The van der Waals surface area contributed by atoms with Gasteiger partial charge in [0.2, 0.25) is 5.91 Å². The molecule has 2 aliphatic rings. The van der Waals surface area contributed by atoms with Crippen molar-refractivity contribution in [3.63, 3.8) is 0 Å². The summed E-state index contributed by atoms with van der Waals surface area (Å²) in [7, 11) is 0. The van der Waals surface area contributed by atoms with Crippen LogP contribution in [0.25, 0.3) is 10.9 Å². The maximum Gasteiger partial charge on any atom is 0.310 e. The highest BCUT2D eigenvalue weighted by Gasteiger charge is 2.38. The van der Waals surface area contributed by atoms with Crippen LogP contribution in [0.4, 0.5) is 5.69 Å². The first-order valence-corrected chi connectivity index (χ1v) is 9.82. The van der Waals surface area contributed by atoms with Crippen LogP contribution in [-0.2, 0) is 19.1 Å². The quantitative estimate of drug-likeness (QED) is 0.386. The number of ether oxygens (including phenoxy) is 1. The third-order valence-electron chi connectivity index (χ3n) is 5.53. The monoisotopic (exact) mass is 414 g/mol. The Bertz CT molecular complexity index is 1060. The zero-order chi connectivity index (χ0) is 21.3. The van der Waals surface area contributed by atoms with Crippen molar-refractivity contribution in [1.82, 2.24) is 25.2 Å². The van der Waals surface area contributed by atoms with Crippen LogP contribution in [0.2, 0.25) is 0 Å². The van der Waals surface area contributed by atoms with Gasteiger partial charge in [-0.2, -0.15) is 4.68 Å². The molecular formula is C19H22N6O5. The summed E-state index contributed by atoms with van der Waals surface area (Å²) in [5.74, 6) is -1.81. The van der Waals surface area contributed by atoms with Gasteiger partial charge in [-0.25, -0.2) is 4.90 Å². The van der Waals surface area contributed by atoms with Crippen molar-refractivity contribution in [3.8, 4) is 0 Å². The first-order valence-electron chi connectivity index (χ1n) is 9.82. The maximum atomic E-state index is 12.9. The number of carbonyl (C=O) groups excluding carboxylic acids is 3. The number of hydrogen-bond acceptors (Lipinski definition) is 9.